The lowest BCUT2D eigenvalue weighted by Crippen LogP contribution is -2.36. The minimum atomic E-state index is -0.879. The first kappa shape index (κ1) is 19.0. The van der Waals surface area contributed by atoms with Gasteiger partial charge in [0.05, 0.1) is 12.6 Å². The Labute approximate surface area is 157 Å². The van der Waals surface area contributed by atoms with Crippen molar-refractivity contribution in [3.8, 4) is 0 Å². The molecule has 0 radical (unpaired) electrons. The first-order valence-electron chi connectivity index (χ1n) is 8.83. The average Bonchev–Trinajstić information content (AvgIpc) is 2.64. The number of fused-ring (bicyclic) bond motifs is 1. The molecule has 1 amide bonds. The van der Waals surface area contributed by atoms with Crippen molar-refractivity contribution >= 4 is 16.7 Å². The minimum absolute atomic E-state index is 0.124. The first-order chi connectivity index (χ1) is 12.9. The van der Waals surface area contributed by atoms with Crippen LogP contribution in [0, 0.1) is 11.6 Å². The molecular formula is C22H22F2N2O. The number of carbonyl (C=O) groups excluding carboxylic acids is 1. The number of hydrogen-bond donors (Lipinski definition) is 1. The van der Waals surface area contributed by atoms with Gasteiger partial charge < -0.3 is 5.32 Å². The van der Waals surface area contributed by atoms with Crippen molar-refractivity contribution in [1.82, 2.24) is 10.2 Å². The summed E-state index contributed by atoms with van der Waals surface area (Å²) in [4.78, 5) is 14.1. The Morgan fingerprint density at radius 2 is 1.74 bits per heavy atom. The fourth-order valence-electron chi connectivity index (χ4n) is 3.10. The van der Waals surface area contributed by atoms with Gasteiger partial charge in [-0.1, -0.05) is 42.5 Å². The number of hydrogen-bond acceptors (Lipinski definition) is 2. The van der Waals surface area contributed by atoms with E-state index in [-0.39, 0.29) is 18.5 Å². The molecule has 1 N–H and O–H groups in total. The van der Waals surface area contributed by atoms with E-state index < -0.39 is 11.6 Å². The third-order valence-electron chi connectivity index (χ3n) is 4.50. The summed E-state index contributed by atoms with van der Waals surface area (Å²) >= 11 is 0. The molecule has 0 aliphatic heterocycles. The molecule has 0 bridgehead atoms. The maximum Gasteiger partial charge on any atom is 0.234 e. The van der Waals surface area contributed by atoms with Gasteiger partial charge in [0, 0.05) is 6.54 Å². The zero-order valence-corrected chi connectivity index (χ0v) is 15.4. The summed E-state index contributed by atoms with van der Waals surface area (Å²) in [6, 6.07) is 17.9. The van der Waals surface area contributed by atoms with Crippen LogP contribution < -0.4 is 5.32 Å². The molecule has 3 nitrogen and oxygen atoms in total. The molecule has 3 aromatic carbocycles. The number of benzene rings is 3. The SMILES string of the molecule is CC(NC(=O)CN(C)Cc1ccc(F)c(F)c1)c1ccc2ccccc2c1. The molecular weight excluding hydrogens is 346 g/mol. The summed E-state index contributed by atoms with van der Waals surface area (Å²) in [5.41, 5.74) is 1.65. The summed E-state index contributed by atoms with van der Waals surface area (Å²) in [5, 5.41) is 5.27. The number of nitrogens with one attached hydrogen (secondary N) is 1. The number of halogens is 2. The monoisotopic (exact) mass is 368 g/mol. The van der Waals surface area contributed by atoms with Gasteiger partial charge in [0.1, 0.15) is 0 Å². The lowest BCUT2D eigenvalue weighted by Gasteiger charge is -2.19. The smallest absolute Gasteiger partial charge is 0.234 e. The van der Waals surface area contributed by atoms with E-state index in [0.717, 1.165) is 28.5 Å². The predicted octanol–water partition coefficient (Wildman–Crippen LogP) is 4.43. The first-order valence-corrected chi connectivity index (χ1v) is 8.83. The summed E-state index contributed by atoms with van der Waals surface area (Å²) in [6.45, 7) is 2.46. The van der Waals surface area contributed by atoms with Crippen LogP contribution in [0.4, 0.5) is 8.78 Å². The van der Waals surface area contributed by atoms with Crippen molar-refractivity contribution < 1.29 is 13.6 Å². The second kappa shape index (κ2) is 8.27. The highest BCUT2D eigenvalue weighted by molar-refractivity contribution is 5.83. The Bertz CT molecular complexity index is 958. The maximum atomic E-state index is 13.3. The largest absolute Gasteiger partial charge is 0.348 e. The number of amides is 1. The summed E-state index contributed by atoms with van der Waals surface area (Å²) < 4.78 is 26.3. The van der Waals surface area contributed by atoms with Gasteiger partial charge >= 0.3 is 0 Å². The molecule has 3 aromatic rings. The van der Waals surface area contributed by atoms with Crippen LogP contribution >= 0.6 is 0 Å². The van der Waals surface area contributed by atoms with Gasteiger partial charge in [-0.05, 0) is 54.1 Å². The molecule has 0 spiro atoms. The molecule has 0 heterocycles. The van der Waals surface area contributed by atoms with Gasteiger partial charge in [-0.25, -0.2) is 8.78 Å². The molecule has 1 unspecified atom stereocenters. The zero-order chi connectivity index (χ0) is 19.4. The highest BCUT2D eigenvalue weighted by Crippen LogP contribution is 2.20. The van der Waals surface area contributed by atoms with Crippen LogP contribution in [0.5, 0.6) is 0 Å². The van der Waals surface area contributed by atoms with E-state index in [1.807, 2.05) is 37.3 Å². The molecule has 5 heteroatoms. The van der Waals surface area contributed by atoms with Gasteiger partial charge in [-0.3, -0.25) is 9.69 Å². The van der Waals surface area contributed by atoms with Crippen molar-refractivity contribution in [2.75, 3.05) is 13.6 Å². The molecule has 3 rings (SSSR count). The number of nitrogens with zero attached hydrogens (tertiary/aromatic N) is 1. The summed E-state index contributed by atoms with van der Waals surface area (Å²) in [6.07, 6.45) is 0. The second-order valence-electron chi connectivity index (χ2n) is 6.82. The molecule has 140 valence electrons. The molecule has 0 aliphatic rings. The van der Waals surface area contributed by atoms with Crippen molar-refractivity contribution in [3.63, 3.8) is 0 Å². The molecule has 0 aromatic heterocycles. The van der Waals surface area contributed by atoms with E-state index in [2.05, 4.69) is 17.4 Å². The third-order valence-corrected chi connectivity index (χ3v) is 4.50. The van der Waals surface area contributed by atoms with Gasteiger partial charge in [0.25, 0.3) is 0 Å². The fourth-order valence-corrected chi connectivity index (χ4v) is 3.10. The van der Waals surface area contributed by atoms with Crippen molar-refractivity contribution in [2.45, 2.75) is 19.5 Å². The Balaban J connectivity index is 1.57. The van der Waals surface area contributed by atoms with E-state index in [1.165, 1.54) is 6.07 Å². The Kier molecular flexibility index (Phi) is 5.81. The standard InChI is InChI=1S/C22H22F2N2O/c1-15(18-9-8-17-5-3-4-6-19(17)12-18)25-22(27)14-26(2)13-16-7-10-20(23)21(24)11-16/h3-12,15H,13-14H2,1-2H3,(H,25,27). The number of carbonyl (C=O) groups is 1. The quantitative estimate of drug-likeness (QED) is 0.698. The Hall–Kier alpha value is -2.79. The van der Waals surface area contributed by atoms with Crippen LogP contribution in [0.1, 0.15) is 24.1 Å². The predicted molar refractivity (Wildman–Crippen MR) is 103 cm³/mol. The Morgan fingerprint density at radius 3 is 2.48 bits per heavy atom. The second-order valence-corrected chi connectivity index (χ2v) is 6.82. The number of likely N-dealkylation sites (N-methyl/N-ethyl adjacent to an activating group) is 1. The van der Waals surface area contributed by atoms with E-state index in [1.54, 1.807) is 11.9 Å². The van der Waals surface area contributed by atoms with Crippen LogP contribution in [-0.2, 0) is 11.3 Å². The van der Waals surface area contributed by atoms with Crippen molar-refractivity contribution in [1.29, 1.82) is 0 Å². The molecule has 1 atom stereocenters. The fraction of sp³-hybridized carbons (Fsp3) is 0.227. The third kappa shape index (κ3) is 4.89. The molecule has 27 heavy (non-hydrogen) atoms. The van der Waals surface area contributed by atoms with Crippen LogP contribution in [0.25, 0.3) is 10.8 Å². The minimum Gasteiger partial charge on any atom is -0.348 e. The van der Waals surface area contributed by atoms with Crippen LogP contribution in [0.2, 0.25) is 0 Å². The van der Waals surface area contributed by atoms with E-state index in [4.69, 9.17) is 0 Å². The van der Waals surface area contributed by atoms with E-state index in [0.29, 0.717) is 12.1 Å². The molecule has 0 aliphatic carbocycles. The summed E-state index contributed by atoms with van der Waals surface area (Å²) in [5.74, 6) is -1.88. The summed E-state index contributed by atoms with van der Waals surface area (Å²) in [7, 11) is 1.77. The maximum absolute atomic E-state index is 13.3. The topological polar surface area (TPSA) is 32.3 Å². The molecule has 0 saturated heterocycles. The molecule has 0 fully saturated rings. The normalized spacial score (nSPS) is 12.3. The lowest BCUT2D eigenvalue weighted by atomic mass is 10.0. The van der Waals surface area contributed by atoms with Crippen LogP contribution in [0.15, 0.2) is 60.7 Å². The highest BCUT2D eigenvalue weighted by Gasteiger charge is 2.13. The molecule has 0 saturated carbocycles. The zero-order valence-electron chi connectivity index (χ0n) is 15.4. The van der Waals surface area contributed by atoms with Gasteiger partial charge in [0.15, 0.2) is 11.6 Å². The number of rotatable bonds is 6. The Morgan fingerprint density at radius 1 is 1.00 bits per heavy atom. The highest BCUT2D eigenvalue weighted by atomic mass is 19.2. The van der Waals surface area contributed by atoms with E-state index >= 15 is 0 Å². The lowest BCUT2D eigenvalue weighted by molar-refractivity contribution is -0.122. The average molecular weight is 368 g/mol. The van der Waals surface area contributed by atoms with Gasteiger partial charge in [-0.2, -0.15) is 0 Å². The van der Waals surface area contributed by atoms with Gasteiger partial charge in [-0.15, -0.1) is 0 Å². The van der Waals surface area contributed by atoms with Crippen molar-refractivity contribution in [2.24, 2.45) is 0 Å². The van der Waals surface area contributed by atoms with Gasteiger partial charge in [0.2, 0.25) is 5.91 Å². The van der Waals surface area contributed by atoms with E-state index in [9.17, 15) is 13.6 Å². The van der Waals surface area contributed by atoms with Crippen molar-refractivity contribution in [3.05, 3.63) is 83.4 Å². The van der Waals surface area contributed by atoms with Crippen LogP contribution in [0.3, 0.4) is 0 Å². The van der Waals surface area contributed by atoms with Crippen LogP contribution in [-0.4, -0.2) is 24.4 Å².